The maximum Gasteiger partial charge on any atom is 0.324 e. The topological polar surface area (TPSA) is 61.9 Å². The summed E-state index contributed by atoms with van der Waals surface area (Å²) in [7, 11) is 0. The van der Waals surface area contributed by atoms with Crippen LogP contribution in [0.2, 0.25) is 0 Å². The molecule has 2 heterocycles. The van der Waals surface area contributed by atoms with E-state index in [0.29, 0.717) is 39.0 Å². The molecule has 2 aliphatic rings. The fraction of sp³-hybridized carbons (Fsp3) is 0.462. The molecule has 3 amide bonds. The summed E-state index contributed by atoms with van der Waals surface area (Å²) in [5.41, 5.74) is 4.26. The van der Waals surface area contributed by atoms with E-state index in [2.05, 4.69) is 31.3 Å². The number of urea groups is 1. The highest BCUT2D eigenvalue weighted by Gasteiger charge is 2.34. The first kappa shape index (κ1) is 22.2. The lowest BCUT2D eigenvalue weighted by atomic mass is 9.96. The van der Waals surface area contributed by atoms with E-state index in [-0.39, 0.29) is 24.0 Å². The minimum Gasteiger partial charge on any atom is -0.486 e. The van der Waals surface area contributed by atoms with Crippen molar-refractivity contribution in [2.24, 2.45) is 5.92 Å². The Kier molecular flexibility index (Phi) is 6.68. The van der Waals surface area contributed by atoms with Crippen LogP contribution >= 0.6 is 0 Å². The molecule has 6 heteroatoms. The van der Waals surface area contributed by atoms with Gasteiger partial charge in [-0.2, -0.15) is 0 Å². The zero-order valence-electron chi connectivity index (χ0n) is 19.3. The summed E-state index contributed by atoms with van der Waals surface area (Å²) in [4.78, 5) is 29.8. The Hall–Kier alpha value is -3.02. The molecule has 6 nitrogen and oxygen atoms in total. The van der Waals surface area contributed by atoms with E-state index in [1.54, 1.807) is 0 Å². The van der Waals surface area contributed by atoms with Gasteiger partial charge in [-0.25, -0.2) is 4.79 Å². The van der Waals surface area contributed by atoms with Crippen LogP contribution in [0.15, 0.2) is 42.5 Å². The average molecular weight is 436 g/mol. The zero-order valence-corrected chi connectivity index (χ0v) is 19.3. The number of ether oxygens (including phenoxy) is 1. The Labute approximate surface area is 190 Å². The summed E-state index contributed by atoms with van der Waals surface area (Å²) in [5, 5.41) is 3.06. The minimum atomic E-state index is -0.0490. The smallest absolute Gasteiger partial charge is 0.324 e. The van der Waals surface area contributed by atoms with Crippen molar-refractivity contribution < 1.29 is 14.3 Å². The molecule has 0 spiro atoms. The molecule has 2 aromatic rings. The van der Waals surface area contributed by atoms with Crippen molar-refractivity contribution in [3.63, 3.8) is 0 Å². The molecule has 0 radical (unpaired) electrons. The molecule has 170 valence electrons. The molecule has 0 saturated carbocycles. The van der Waals surface area contributed by atoms with Crippen LogP contribution in [-0.2, 0) is 11.3 Å². The molecule has 1 unspecified atom stereocenters. The Bertz CT molecular complexity index is 965. The molecule has 2 aliphatic heterocycles. The lowest BCUT2D eigenvalue weighted by Gasteiger charge is -2.39. The molecule has 1 atom stereocenters. The zero-order chi connectivity index (χ0) is 22.7. The highest BCUT2D eigenvalue weighted by Crippen LogP contribution is 2.36. The van der Waals surface area contributed by atoms with Crippen LogP contribution < -0.4 is 15.0 Å². The van der Waals surface area contributed by atoms with Gasteiger partial charge in [-0.05, 0) is 56.4 Å². The van der Waals surface area contributed by atoms with Gasteiger partial charge in [-0.15, -0.1) is 0 Å². The number of hydrogen-bond donors (Lipinski definition) is 1. The molecule has 0 aliphatic carbocycles. The molecule has 4 rings (SSSR count). The number of benzene rings is 2. The van der Waals surface area contributed by atoms with E-state index in [1.807, 2.05) is 47.1 Å². The lowest BCUT2D eigenvalue weighted by molar-refractivity contribution is -0.126. The summed E-state index contributed by atoms with van der Waals surface area (Å²) in [5.74, 6) is 0.801. The molecule has 0 bridgehead atoms. The van der Waals surface area contributed by atoms with Crippen LogP contribution in [0.3, 0.4) is 0 Å². The molecule has 0 aromatic heterocycles. The van der Waals surface area contributed by atoms with Gasteiger partial charge in [-0.3, -0.25) is 9.69 Å². The number of aryl methyl sites for hydroxylation is 2. The standard InChI is InChI=1S/C26H33N3O3/c1-4-22-17-29(23-15-19(3)7-10-24(23)32-22)26(31)28-13-11-21(12-14-28)25(30)27-16-20-8-5-18(2)6-9-20/h5-10,15,21-22H,4,11-14,16-17H2,1-3H3,(H,27,30). The van der Waals surface area contributed by atoms with Crippen molar-refractivity contribution in [2.75, 3.05) is 24.5 Å². The van der Waals surface area contributed by atoms with Crippen molar-refractivity contribution in [3.8, 4) is 5.75 Å². The number of nitrogens with one attached hydrogen (secondary N) is 1. The van der Waals surface area contributed by atoms with Crippen LogP contribution in [0.1, 0.15) is 42.9 Å². The third kappa shape index (κ3) is 4.90. The summed E-state index contributed by atoms with van der Waals surface area (Å²) >= 11 is 0. The summed E-state index contributed by atoms with van der Waals surface area (Å²) in [6.07, 6.45) is 2.22. The Morgan fingerprint density at radius 3 is 2.41 bits per heavy atom. The van der Waals surface area contributed by atoms with E-state index < -0.39 is 0 Å². The van der Waals surface area contributed by atoms with Gasteiger partial charge in [0.2, 0.25) is 5.91 Å². The normalized spacial score (nSPS) is 18.7. The van der Waals surface area contributed by atoms with Gasteiger partial charge in [-0.1, -0.05) is 42.8 Å². The number of amides is 3. The Morgan fingerprint density at radius 1 is 1.03 bits per heavy atom. The highest BCUT2D eigenvalue weighted by molar-refractivity contribution is 5.94. The first-order chi connectivity index (χ1) is 15.4. The second-order valence-electron chi connectivity index (χ2n) is 8.98. The molecule has 1 fully saturated rings. The van der Waals surface area contributed by atoms with E-state index in [1.165, 1.54) is 5.56 Å². The molecule has 32 heavy (non-hydrogen) atoms. The van der Waals surface area contributed by atoms with E-state index in [9.17, 15) is 9.59 Å². The van der Waals surface area contributed by atoms with Crippen molar-refractivity contribution in [1.82, 2.24) is 10.2 Å². The van der Waals surface area contributed by atoms with E-state index >= 15 is 0 Å². The van der Waals surface area contributed by atoms with Gasteiger partial charge in [0.25, 0.3) is 0 Å². The van der Waals surface area contributed by atoms with Gasteiger partial charge in [0.15, 0.2) is 0 Å². The lowest BCUT2D eigenvalue weighted by Crippen LogP contribution is -2.52. The van der Waals surface area contributed by atoms with Crippen LogP contribution in [0.25, 0.3) is 0 Å². The number of fused-ring (bicyclic) bond motifs is 1. The molecular weight excluding hydrogens is 402 g/mol. The van der Waals surface area contributed by atoms with Crippen molar-refractivity contribution in [2.45, 2.75) is 52.7 Å². The van der Waals surface area contributed by atoms with E-state index in [4.69, 9.17) is 4.74 Å². The maximum atomic E-state index is 13.4. The van der Waals surface area contributed by atoms with Gasteiger partial charge in [0.1, 0.15) is 11.9 Å². The van der Waals surface area contributed by atoms with Gasteiger partial charge in [0, 0.05) is 25.6 Å². The summed E-state index contributed by atoms with van der Waals surface area (Å²) < 4.78 is 6.06. The van der Waals surface area contributed by atoms with Crippen LogP contribution in [0.5, 0.6) is 5.75 Å². The first-order valence-corrected chi connectivity index (χ1v) is 11.6. The van der Waals surface area contributed by atoms with Crippen molar-refractivity contribution in [1.29, 1.82) is 0 Å². The fourth-order valence-electron chi connectivity index (χ4n) is 4.39. The van der Waals surface area contributed by atoms with Crippen molar-refractivity contribution >= 4 is 17.6 Å². The van der Waals surface area contributed by atoms with Gasteiger partial charge < -0.3 is 15.0 Å². The Balaban J connectivity index is 1.34. The molecular formula is C26H33N3O3. The molecule has 1 saturated heterocycles. The number of likely N-dealkylation sites (tertiary alicyclic amines) is 1. The van der Waals surface area contributed by atoms with E-state index in [0.717, 1.165) is 29.0 Å². The first-order valence-electron chi connectivity index (χ1n) is 11.6. The largest absolute Gasteiger partial charge is 0.486 e. The molecule has 1 N–H and O–H groups in total. The fourth-order valence-corrected chi connectivity index (χ4v) is 4.39. The SMILES string of the molecule is CCC1CN(C(=O)N2CCC(C(=O)NCc3ccc(C)cc3)CC2)c2cc(C)ccc2O1. The number of nitrogens with zero attached hydrogens (tertiary/aromatic N) is 2. The second-order valence-corrected chi connectivity index (χ2v) is 8.98. The third-order valence-electron chi connectivity index (χ3n) is 6.49. The number of hydrogen-bond acceptors (Lipinski definition) is 3. The summed E-state index contributed by atoms with van der Waals surface area (Å²) in [6.45, 7) is 8.44. The van der Waals surface area contributed by atoms with Gasteiger partial charge >= 0.3 is 6.03 Å². The highest BCUT2D eigenvalue weighted by atomic mass is 16.5. The summed E-state index contributed by atoms with van der Waals surface area (Å²) in [6, 6.07) is 14.2. The maximum absolute atomic E-state index is 13.4. The predicted octanol–water partition coefficient (Wildman–Crippen LogP) is 4.43. The monoisotopic (exact) mass is 435 g/mol. The second kappa shape index (κ2) is 9.63. The number of carbonyl (C=O) groups excluding carboxylic acids is 2. The van der Waals surface area contributed by atoms with Crippen LogP contribution in [0, 0.1) is 19.8 Å². The number of piperidine rings is 1. The average Bonchev–Trinajstić information content (AvgIpc) is 2.82. The molecule has 2 aromatic carbocycles. The van der Waals surface area contributed by atoms with Gasteiger partial charge in [0.05, 0.1) is 12.2 Å². The predicted molar refractivity (Wildman–Crippen MR) is 126 cm³/mol. The third-order valence-corrected chi connectivity index (χ3v) is 6.49. The minimum absolute atomic E-state index is 0.000697. The number of rotatable bonds is 4. The van der Waals surface area contributed by atoms with Crippen LogP contribution in [-0.4, -0.2) is 42.6 Å². The number of anilines is 1. The van der Waals surface area contributed by atoms with Crippen LogP contribution in [0.4, 0.5) is 10.5 Å². The Morgan fingerprint density at radius 2 is 1.72 bits per heavy atom. The van der Waals surface area contributed by atoms with Crippen molar-refractivity contribution in [3.05, 3.63) is 59.2 Å². The number of carbonyl (C=O) groups is 2. The quantitative estimate of drug-likeness (QED) is 0.773.